The van der Waals surface area contributed by atoms with E-state index in [9.17, 15) is 24.9 Å². The van der Waals surface area contributed by atoms with Gasteiger partial charge in [-0.15, -0.1) is 0 Å². The van der Waals surface area contributed by atoms with Crippen LogP contribution in [-0.4, -0.2) is 57.3 Å². The summed E-state index contributed by atoms with van der Waals surface area (Å²) in [6.45, 7) is 2.47. The summed E-state index contributed by atoms with van der Waals surface area (Å²) >= 11 is 0. The van der Waals surface area contributed by atoms with E-state index in [2.05, 4.69) is 17.5 Å². The van der Waals surface area contributed by atoms with Gasteiger partial charge < -0.3 is 20.1 Å². The molecule has 1 aromatic carbocycles. The molecule has 8 nitrogen and oxygen atoms in total. The lowest BCUT2D eigenvalue weighted by Crippen LogP contribution is -2.68. The normalized spacial score (nSPS) is 43.3. The van der Waals surface area contributed by atoms with Gasteiger partial charge in [0.25, 0.3) is 0 Å². The number of aliphatic hydroxyl groups is 3. The first-order chi connectivity index (χ1) is 18.6. The number of carbonyl (C=O) groups is 2. The highest BCUT2D eigenvalue weighted by atomic mass is 16.5. The van der Waals surface area contributed by atoms with Crippen molar-refractivity contribution in [2.24, 2.45) is 33.7 Å². The zero-order chi connectivity index (χ0) is 27.5. The number of nitrogens with zero attached hydrogens (tertiary/aromatic N) is 1. The molecule has 0 radical (unpaired) electrons. The van der Waals surface area contributed by atoms with E-state index >= 15 is 0 Å². The van der Waals surface area contributed by atoms with Crippen molar-refractivity contribution in [3.63, 3.8) is 0 Å². The van der Waals surface area contributed by atoms with Crippen molar-refractivity contribution in [1.29, 1.82) is 0 Å². The molecular weight excluding hydrogens is 496 g/mol. The lowest BCUT2D eigenvalue weighted by Gasteiger charge is -2.65. The van der Waals surface area contributed by atoms with E-state index in [1.165, 1.54) is 0 Å². The second-order valence-electron chi connectivity index (χ2n) is 13.0. The molecule has 39 heavy (non-hydrogen) atoms. The summed E-state index contributed by atoms with van der Waals surface area (Å²) in [5, 5.41) is 39.5. The maximum atomic E-state index is 12.6. The summed E-state index contributed by atoms with van der Waals surface area (Å²) in [6.07, 6.45) is 8.48. The lowest BCUT2D eigenvalue weighted by molar-refractivity contribution is -0.237. The van der Waals surface area contributed by atoms with E-state index in [0.29, 0.717) is 38.7 Å². The third-order valence-corrected chi connectivity index (χ3v) is 11.3. The summed E-state index contributed by atoms with van der Waals surface area (Å²) in [5.74, 6) is -0.528. The fourth-order valence-corrected chi connectivity index (χ4v) is 9.40. The Morgan fingerprint density at radius 1 is 1.08 bits per heavy atom. The highest BCUT2D eigenvalue weighted by Crippen LogP contribution is 2.70. The summed E-state index contributed by atoms with van der Waals surface area (Å²) in [6, 6.07) is 9.48. The predicted molar refractivity (Wildman–Crippen MR) is 144 cm³/mol. The van der Waals surface area contributed by atoms with Gasteiger partial charge in [0, 0.05) is 29.5 Å². The maximum absolute atomic E-state index is 12.6. The van der Waals surface area contributed by atoms with Crippen LogP contribution in [0, 0.1) is 28.6 Å². The number of nitrogens with one attached hydrogen (secondary N) is 1. The monoisotopic (exact) mass is 536 g/mol. The van der Waals surface area contributed by atoms with Gasteiger partial charge in [0.1, 0.15) is 6.61 Å². The minimum absolute atomic E-state index is 0.0363. The molecular formula is C31H40N2O6. The third-order valence-electron chi connectivity index (χ3n) is 11.3. The number of fused-ring (bicyclic) bond motifs is 5. The zero-order valence-electron chi connectivity index (χ0n) is 22.6. The summed E-state index contributed by atoms with van der Waals surface area (Å²) < 4.78 is 5.23. The number of cyclic esters (lactones) is 1. The van der Waals surface area contributed by atoms with Crippen molar-refractivity contribution in [2.45, 2.75) is 88.4 Å². The molecule has 4 N–H and O–H groups in total. The topological polar surface area (TPSA) is 128 Å². The Balaban J connectivity index is 1.29. The fraction of sp³-hybridized carbons (Fsp3) is 0.645. The van der Waals surface area contributed by atoms with E-state index < -0.39 is 22.7 Å². The summed E-state index contributed by atoms with van der Waals surface area (Å²) in [5.41, 5.74) is 1.32. The molecule has 1 aromatic rings. The van der Waals surface area contributed by atoms with Crippen molar-refractivity contribution in [1.82, 2.24) is 5.43 Å². The lowest BCUT2D eigenvalue weighted by atomic mass is 9.41. The van der Waals surface area contributed by atoms with Crippen molar-refractivity contribution in [3.05, 3.63) is 47.5 Å². The van der Waals surface area contributed by atoms with Crippen molar-refractivity contribution in [3.8, 4) is 0 Å². The smallest absolute Gasteiger partial charge is 0.331 e. The molecule has 0 spiro atoms. The molecule has 0 unspecified atom stereocenters. The van der Waals surface area contributed by atoms with Gasteiger partial charge in [-0.1, -0.05) is 37.3 Å². The van der Waals surface area contributed by atoms with Crippen LogP contribution in [0.2, 0.25) is 0 Å². The quantitative estimate of drug-likeness (QED) is 0.260. The largest absolute Gasteiger partial charge is 0.458 e. The average Bonchev–Trinajstić information content (AvgIpc) is 3.44. The Morgan fingerprint density at radius 3 is 2.59 bits per heavy atom. The Kier molecular flexibility index (Phi) is 6.51. The van der Waals surface area contributed by atoms with E-state index in [4.69, 9.17) is 4.74 Å². The van der Waals surface area contributed by atoms with Crippen molar-refractivity contribution >= 4 is 18.1 Å². The van der Waals surface area contributed by atoms with Crippen molar-refractivity contribution in [2.75, 3.05) is 6.61 Å². The van der Waals surface area contributed by atoms with Gasteiger partial charge in [0.2, 0.25) is 5.91 Å². The Hall–Kier alpha value is -2.55. The van der Waals surface area contributed by atoms with Crippen LogP contribution < -0.4 is 5.43 Å². The number of amides is 1. The standard InChI is InChI=1S/C31H40N2O6/c1-28-11-8-24-25(31(28,38)14-10-23(28)21-16-27(36)39-18-21)9-13-30(37)17-22(34)7-12-29(24,30)19-32-33-26(35)15-20-5-3-2-4-6-20/h2-6,16,19,22-25,34,37-38H,7-15,17-18H2,1H3,(H,33,35)/b32-19-/t22-,23+,24+,25-,28-,29+,30+,31+/m1/s1. The molecule has 1 aliphatic heterocycles. The minimum atomic E-state index is -1.16. The third kappa shape index (κ3) is 4.09. The molecule has 4 aliphatic carbocycles. The van der Waals surface area contributed by atoms with Gasteiger partial charge >= 0.3 is 5.97 Å². The number of benzene rings is 1. The number of ether oxygens (including phenoxy) is 1. The maximum Gasteiger partial charge on any atom is 0.331 e. The summed E-state index contributed by atoms with van der Waals surface area (Å²) in [4.78, 5) is 24.5. The molecule has 0 aromatic heterocycles. The Morgan fingerprint density at radius 2 is 1.85 bits per heavy atom. The molecule has 8 atom stereocenters. The van der Waals surface area contributed by atoms with Crippen LogP contribution in [0.15, 0.2) is 47.1 Å². The molecule has 8 heteroatoms. The molecule has 0 saturated heterocycles. The molecule has 5 aliphatic rings. The van der Waals surface area contributed by atoms with Crippen molar-refractivity contribution < 1.29 is 29.6 Å². The first-order valence-electron chi connectivity index (χ1n) is 14.5. The van der Waals surface area contributed by atoms with Crippen LogP contribution >= 0.6 is 0 Å². The van der Waals surface area contributed by atoms with Gasteiger partial charge in [0.05, 0.1) is 23.7 Å². The van der Waals surface area contributed by atoms with Gasteiger partial charge in [-0.2, -0.15) is 5.10 Å². The van der Waals surface area contributed by atoms with E-state index in [-0.39, 0.29) is 47.9 Å². The van der Waals surface area contributed by atoms with Gasteiger partial charge in [-0.05, 0) is 80.3 Å². The number of rotatable bonds is 5. The van der Waals surface area contributed by atoms with Crippen LogP contribution in [0.5, 0.6) is 0 Å². The second kappa shape index (κ2) is 9.53. The first-order valence-corrected chi connectivity index (χ1v) is 14.5. The number of esters is 1. The molecule has 6 rings (SSSR count). The van der Waals surface area contributed by atoms with Crippen LogP contribution in [0.1, 0.15) is 70.3 Å². The van der Waals surface area contributed by atoms with Crippen LogP contribution in [0.25, 0.3) is 0 Å². The molecule has 4 saturated carbocycles. The number of hydrogen-bond acceptors (Lipinski definition) is 7. The van der Waals surface area contributed by atoms with Crippen LogP contribution in [-0.2, 0) is 20.7 Å². The fourth-order valence-electron chi connectivity index (χ4n) is 9.40. The number of hydrogen-bond donors (Lipinski definition) is 4. The molecule has 4 fully saturated rings. The van der Waals surface area contributed by atoms with E-state index in [0.717, 1.165) is 30.4 Å². The SMILES string of the molecule is C[C@]12CC[C@H]3[C@@H](CC[C@]4(O)C[C@H](O)CC[C@]34/C=N\NC(=O)Cc3ccccc3)[C@@]1(O)CC[C@H]2C1=CC(=O)OC1. The van der Waals surface area contributed by atoms with Gasteiger partial charge in [-0.3, -0.25) is 4.79 Å². The molecule has 0 bridgehead atoms. The first kappa shape index (κ1) is 26.7. The van der Waals surface area contributed by atoms with Gasteiger partial charge in [0.15, 0.2) is 0 Å². The Bertz CT molecular complexity index is 1200. The second-order valence-corrected chi connectivity index (χ2v) is 13.0. The molecule has 1 amide bonds. The highest BCUT2D eigenvalue weighted by Gasteiger charge is 2.71. The summed E-state index contributed by atoms with van der Waals surface area (Å²) in [7, 11) is 0. The van der Waals surface area contributed by atoms with Crippen LogP contribution in [0.3, 0.4) is 0 Å². The van der Waals surface area contributed by atoms with Gasteiger partial charge in [-0.25, -0.2) is 10.2 Å². The average molecular weight is 537 g/mol. The highest BCUT2D eigenvalue weighted by molar-refractivity contribution is 5.85. The number of carbonyl (C=O) groups excluding carboxylic acids is 2. The predicted octanol–water partition coefficient (Wildman–Crippen LogP) is 3.04. The molecule has 1 heterocycles. The number of aliphatic hydroxyl groups excluding tert-OH is 1. The minimum Gasteiger partial charge on any atom is -0.458 e. The number of hydrazone groups is 1. The molecule has 210 valence electrons. The van der Waals surface area contributed by atoms with E-state index in [1.807, 2.05) is 30.3 Å². The van der Waals surface area contributed by atoms with E-state index in [1.54, 1.807) is 12.3 Å². The Labute approximate surface area is 229 Å². The zero-order valence-corrected chi connectivity index (χ0v) is 22.6. The van der Waals surface area contributed by atoms with Crippen LogP contribution in [0.4, 0.5) is 0 Å².